The van der Waals surface area contributed by atoms with E-state index in [9.17, 15) is 4.79 Å². The zero-order valence-electron chi connectivity index (χ0n) is 11.5. The predicted octanol–water partition coefficient (Wildman–Crippen LogP) is 1.55. The van der Waals surface area contributed by atoms with Gasteiger partial charge in [0, 0.05) is 26.3 Å². The van der Waals surface area contributed by atoms with Gasteiger partial charge < -0.3 is 9.64 Å². The first-order chi connectivity index (χ1) is 8.51. The molecule has 1 fully saturated rings. The quantitative estimate of drug-likeness (QED) is 0.801. The molecule has 0 saturated carbocycles. The smallest absolute Gasteiger partial charge is 0.260 e. The van der Waals surface area contributed by atoms with Crippen LogP contribution in [0.2, 0.25) is 0 Å². The molecule has 5 nitrogen and oxygen atoms in total. The summed E-state index contributed by atoms with van der Waals surface area (Å²) in [6, 6.07) is 0. The van der Waals surface area contributed by atoms with Crippen molar-refractivity contribution >= 4 is 5.91 Å². The standard InChI is InChI=1S/C13H21N3O2/c1-9-5-10(2)7-16(6-9)13(17)11-8-15(3)14-12(11)18-4/h8-10H,5-7H2,1-4H3/t9-,10-/m0/s1. The maximum atomic E-state index is 12.5. The fourth-order valence-electron chi connectivity index (χ4n) is 2.76. The summed E-state index contributed by atoms with van der Waals surface area (Å²) in [5.74, 6) is 1.55. The summed E-state index contributed by atoms with van der Waals surface area (Å²) >= 11 is 0. The van der Waals surface area contributed by atoms with E-state index in [2.05, 4.69) is 18.9 Å². The van der Waals surface area contributed by atoms with Gasteiger partial charge in [-0.05, 0) is 18.3 Å². The average molecular weight is 251 g/mol. The topological polar surface area (TPSA) is 47.4 Å². The van der Waals surface area contributed by atoms with Crippen molar-refractivity contribution in [2.45, 2.75) is 20.3 Å². The predicted molar refractivity (Wildman–Crippen MR) is 68.6 cm³/mol. The van der Waals surface area contributed by atoms with Crippen LogP contribution < -0.4 is 4.74 Å². The molecule has 100 valence electrons. The highest BCUT2D eigenvalue weighted by atomic mass is 16.5. The van der Waals surface area contributed by atoms with Crippen LogP contribution in [0.1, 0.15) is 30.6 Å². The molecule has 0 spiro atoms. The third-order valence-corrected chi connectivity index (χ3v) is 3.37. The van der Waals surface area contributed by atoms with Crippen molar-refractivity contribution in [2.75, 3.05) is 20.2 Å². The molecule has 2 heterocycles. The Bertz CT molecular complexity index is 431. The molecule has 0 unspecified atom stereocenters. The summed E-state index contributed by atoms with van der Waals surface area (Å²) in [5, 5.41) is 4.13. The van der Waals surface area contributed by atoms with Crippen molar-refractivity contribution < 1.29 is 9.53 Å². The minimum Gasteiger partial charge on any atom is -0.479 e. The van der Waals surface area contributed by atoms with Gasteiger partial charge in [-0.25, -0.2) is 0 Å². The molecule has 1 aromatic heterocycles. The maximum Gasteiger partial charge on any atom is 0.260 e. The number of methoxy groups -OCH3 is 1. The Morgan fingerprint density at radius 2 is 2.00 bits per heavy atom. The van der Waals surface area contributed by atoms with Gasteiger partial charge in [0.15, 0.2) is 0 Å². The Morgan fingerprint density at radius 1 is 1.39 bits per heavy atom. The van der Waals surface area contributed by atoms with Crippen LogP contribution in [-0.2, 0) is 7.05 Å². The van der Waals surface area contributed by atoms with Gasteiger partial charge in [-0.3, -0.25) is 9.48 Å². The van der Waals surface area contributed by atoms with Gasteiger partial charge in [-0.1, -0.05) is 13.8 Å². The zero-order valence-corrected chi connectivity index (χ0v) is 11.5. The molecule has 1 aliphatic rings. The number of rotatable bonds is 2. The molecule has 0 aromatic carbocycles. The second kappa shape index (κ2) is 5.00. The Hall–Kier alpha value is -1.52. The van der Waals surface area contributed by atoms with Crippen molar-refractivity contribution in [1.82, 2.24) is 14.7 Å². The number of carbonyl (C=O) groups is 1. The molecule has 0 radical (unpaired) electrons. The lowest BCUT2D eigenvalue weighted by Crippen LogP contribution is -2.42. The molecular formula is C13H21N3O2. The summed E-state index contributed by atoms with van der Waals surface area (Å²) in [5.41, 5.74) is 0.557. The summed E-state index contributed by atoms with van der Waals surface area (Å²) in [4.78, 5) is 14.4. The van der Waals surface area contributed by atoms with E-state index in [1.807, 2.05) is 4.90 Å². The van der Waals surface area contributed by atoms with E-state index in [-0.39, 0.29) is 5.91 Å². The van der Waals surface area contributed by atoms with E-state index in [0.717, 1.165) is 13.1 Å². The normalized spacial score (nSPS) is 24.1. The first-order valence-electron chi connectivity index (χ1n) is 6.38. The van der Waals surface area contributed by atoms with Gasteiger partial charge in [0.05, 0.1) is 7.11 Å². The van der Waals surface area contributed by atoms with Crippen LogP contribution in [0.4, 0.5) is 0 Å². The van der Waals surface area contributed by atoms with Gasteiger partial charge in [-0.15, -0.1) is 5.10 Å². The Kier molecular flexibility index (Phi) is 3.59. The molecule has 0 N–H and O–H groups in total. The lowest BCUT2D eigenvalue weighted by atomic mass is 9.91. The van der Waals surface area contributed by atoms with Crippen molar-refractivity contribution in [1.29, 1.82) is 0 Å². The number of piperidine rings is 1. The number of likely N-dealkylation sites (tertiary alicyclic amines) is 1. The van der Waals surface area contributed by atoms with Crippen molar-refractivity contribution in [3.05, 3.63) is 11.8 Å². The third kappa shape index (κ3) is 2.49. The second-order valence-corrected chi connectivity index (χ2v) is 5.38. The SMILES string of the molecule is COc1nn(C)cc1C(=O)N1C[C@@H](C)C[C@H](C)C1. The minimum absolute atomic E-state index is 0.0263. The van der Waals surface area contributed by atoms with Crippen LogP contribution in [0.5, 0.6) is 5.88 Å². The monoisotopic (exact) mass is 251 g/mol. The molecule has 18 heavy (non-hydrogen) atoms. The van der Waals surface area contributed by atoms with Crippen LogP contribution in [-0.4, -0.2) is 40.8 Å². The molecule has 0 aliphatic carbocycles. The summed E-state index contributed by atoms with van der Waals surface area (Å²) in [6.07, 6.45) is 2.92. The highest BCUT2D eigenvalue weighted by Gasteiger charge is 2.28. The molecule has 2 atom stereocenters. The van der Waals surface area contributed by atoms with Crippen LogP contribution >= 0.6 is 0 Å². The van der Waals surface area contributed by atoms with E-state index in [1.54, 1.807) is 25.0 Å². The lowest BCUT2D eigenvalue weighted by Gasteiger charge is -2.34. The summed E-state index contributed by atoms with van der Waals surface area (Å²) in [7, 11) is 3.33. The number of hydrogen-bond acceptors (Lipinski definition) is 3. The highest BCUT2D eigenvalue weighted by Crippen LogP contribution is 2.24. The Labute approximate surface area is 108 Å². The number of hydrogen-bond donors (Lipinski definition) is 0. The van der Waals surface area contributed by atoms with Gasteiger partial charge in [-0.2, -0.15) is 0 Å². The van der Waals surface area contributed by atoms with Gasteiger partial charge >= 0.3 is 0 Å². The fourth-order valence-corrected chi connectivity index (χ4v) is 2.76. The number of amides is 1. The van der Waals surface area contributed by atoms with Gasteiger partial charge in [0.2, 0.25) is 5.88 Å². The highest BCUT2D eigenvalue weighted by molar-refractivity contribution is 5.96. The molecule has 1 aromatic rings. The molecule has 1 amide bonds. The fraction of sp³-hybridized carbons (Fsp3) is 0.692. The van der Waals surface area contributed by atoms with Crippen LogP contribution in [0.15, 0.2) is 6.20 Å². The molecule has 1 saturated heterocycles. The van der Waals surface area contributed by atoms with E-state index in [0.29, 0.717) is 23.3 Å². The molecule has 1 aliphatic heterocycles. The third-order valence-electron chi connectivity index (χ3n) is 3.37. The van der Waals surface area contributed by atoms with E-state index in [1.165, 1.54) is 6.42 Å². The Morgan fingerprint density at radius 3 is 2.56 bits per heavy atom. The van der Waals surface area contributed by atoms with Crippen LogP contribution in [0.3, 0.4) is 0 Å². The summed E-state index contributed by atoms with van der Waals surface area (Å²) in [6.45, 7) is 6.02. The zero-order chi connectivity index (χ0) is 13.3. The van der Waals surface area contributed by atoms with Crippen molar-refractivity contribution in [2.24, 2.45) is 18.9 Å². The Balaban J connectivity index is 2.19. The van der Waals surface area contributed by atoms with E-state index >= 15 is 0 Å². The van der Waals surface area contributed by atoms with Crippen molar-refractivity contribution in [3.8, 4) is 5.88 Å². The van der Waals surface area contributed by atoms with E-state index in [4.69, 9.17) is 4.74 Å². The summed E-state index contributed by atoms with van der Waals surface area (Å²) < 4.78 is 6.77. The number of aryl methyl sites for hydroxylation is 1. The molecule has 0 bridgehead atoms. The van der Waals surface area contributed by atoms with E-state index < -0.39 is 0 Å². The molecule has 2 rings (SSSR count). The number of nitrogens with zero attached hydrogens (tertiary/aromatic N) is 3. The first-order valence-corrected chi connectivity index (χ1v) is 6.38. The largest absolute Gasteiger partial charge is 0.479 e. The van der Waals surface area contributed by atoms with Crippen LogP contribution in [0, 0.1) is 11.8 Å². The second-order valence-electron chi connectivity index (χ2n) is 5.38. The first kappa shape index (κ1) is 12.9. The minimum atomic E-state index is 0.0263. The number of ether oxygens (including phenoxy) is 1. The average Bonchev–Trinajstić information content (AvgIpc) is 2.68. The molecule has 5 heteroatoms. The van der Waals surface area contributed by atoms with Gasteiger partial charge in [0.1, 0.15) is 5.56 Å². The molecular weight excluding hydrogens is 230 g/mol. The maximum absolute atomic E-state index is 12.5. The van der Waals surface area contributed by atoms with Crippen molar-refractivity contribution in [3.63, 3.8) is 0 Å². The number of aromatic nitrogens is 2. The van der Waals surface area contributed by atoms with Gasteiger partial charge in [0.25, 0.3) is 5.91 Å². The number of carbonyl (C=O) groups excluding carboxylic acids is 1. The van der Waals surface area contributed by atoms with Crippen LogP contribution in [0.25, 0.3) is 0 Å². The lowest BCUT2D eigenvalue weighted by molar-refractivity contribution is 0.0620.